The van der Waals surface area contributed by atoms with E-state index in [0.717, 1.165) is 33.6 Å². The average molecular weight is 670 g/mol. The van der Waals surface area contributed by atoms with Crippen LogP contribution in [0, 0.1) is 11.8 Å². The Morgan fingerprint density at radius 1 is 0.718 bits per heavy atom. The molecule has 0 bridgehead atoms. The molecule has 0 spiro atoms. The van der Waals surface area contributed by atoms with Crippen molar-refractivity contribution in [3.63, 3.8) is 0 Å². The molecule has 1 atom stereocenters. The second-order valence-electron chi connectivity index (χ2n) is 10.8. The fraction of sp³-hybridized carbons (Fsp3) is 0.697. The minimum Gasteiger partial charge on any atom is -0.494 e. The molecule has 1 aliphatic heterocycles. The predicted octanol–water partition coefficient (Wildman–Crippen LogP) is 10.5. The van der Waals surface area contributed by atoms with Crippen LogP contribution in [0.15, 0.2) is 50.6 Å². The number of hydrogen-bond donors (Lipinski definition) is 0. The highest BCUT2D eigenvalue weighted by molar-refractivity contribution is 9.12. The van der Waals surface area contributed by atoms with Crippen molar-refractivity contribution < 1.29 is 14.3 Å². The Kier molecular flexibility index (Phi) is 18.0. The summed E-state index contributed by atoms with van der Waals surface area (Å²) in [6, 6.07) is 0. The van der Waals surface area contributed by atoms with Gasteiger partial charge in [-0.05, 0) is 50.8 Å². The van der Waals surface area contributed by atoms with E-state index in [1.165, 1.54) is 89.9 Å². The minimum atomic E-state index is -0.231. The highest BCUT2D eigenvalue weighted by Gasteiger charge is 2.41. The molecule has 0 radical (unpaired) electrons. The van der Waals surface area contributed by atoms with Gasteiger partial charge in [0.2, 0.25) is 0 Å². The topological polar surface area (TPSA) is 38.8 Å². The van der Waals surface area contributed by atoms with Gasteiger partial charge in [0.1, 0.15) is 26.7 Å². The minimum absolute atomic E-state index is 0.191. The lowest BCUT2D eigenvalue weighted by Crippen LogP contribution is -2.32. The van der Waals surface area contributed by atoms with Crippen molar-refractivity contribution in [3.05, 3.63) is 50.6 Å². The molecule has 1 unspecified atom stereocenters. The van der Waals surface area contributed by atoms with E-state index in [1.54, 1.807) is 0 Å². The number of allylic oxidation sites excluding steroid dienone is 5. The van der Waals surface area contributed by atoms with Crippen LogP contribution in [0.3, 0.4) is 0 Å². The molecule has 1 heterocycles. The molecule has 0 amide bonds. The Morgan fingerprint density at radius 3 is 1.59 bits per heavy atom. The van der Waals surface area contributed by atoms with Crippen LogP contribution in [-0.4, -0.2) is 31.1 Å². The first-order valence-corrected chi connectivity index (χ1v) is 17.0. The molecule has 39 heavy (non-hydrogen) atoms. The third-order valence-electron chi connectivity index (χ3n) is 7.61. The van der Waals surface area contributed by atoms with Gasteiger partial charge in [-0.25, -0.2) is 4.79 Å². The van der Waals surface area contributed by atoms with Gasteiger partial charge in [-0.2, -0.15) is 0 Å². The summed E-state index contributed by atoms with van der Waals surface area (Å²) < 4.78 is 14.7. The third-order valence-corrected chi connectivity index (χ3v) is 9.46. The smallest absolute Gasteiger partial charge is 0.138 e. The molecule has 0 N–H and O–H groups in total. The molecule has 6 heteroatoms. The molecule has 1 aliphatic carbocycles. The monoisotopic (exact) mass is 667 g/mol. The Balaban J connectivity index is 2.03. The number of ether oxygens (including phenoxy) is 2. The highest BCUT2D eigenvalue weighted by Crippen LogP contribution is 2.46. The van der Waals surface area contributed by atoms with Gasteiger partial charge in [-0.1, -0.05) is 122 Å². The van der Waals surface area contributed by atoms with E-state index in [-0.39, 0.29) is 11.8 Å². The van der Waals surface area contributed by atoms with E-state index in [1.807, 2.05) is 30.2 Å². The SMILES string of the molecule is CCCCCCCCCCOC1=C(Br)N(C)C(Br)=C(OCCCCCCCCCC)C1C1C=CC=CC1=C=O. The number of nitrogens with zero attached hydrogens (tertiary/aromatic N) is 1. The summed E-state index contributed by atoms with van der Waals surface area (Å²) in [5, 5.41) is 0. The summed E-state index contributed by atoms with van der Waals surface area (Å²) in [6.45, 7) is 5.82. The van der Waals surface area contributed by atoms with Gasteiger partial charge in [0.25, 0.3) is 0 Å². The van der Waals surface area contributed by atoms with Crippen LogP contribution in [0.5, 0.6) is 0 Å². The van der Waals surface area contributed by atoms with E-state index in [0.29, 0.717) is 18.8 Å². The standard InChI is InChI=1S/C33H51Br2NO3/c1-4-6-8-10-12-14-16-20-24-38-30-29(28-23-19-18-22-27(28)26-37)31(33(35)36(3)32(30)34)39-25-21-17-15-13-11-9-7-5-2/h18-19,22-23,28-29H,4-17,20-21,24-25H2,1-3H3. The van der Waals surface area contributed by atoms with Crippen LogP contribution in [0.1, 0.15) is 117 Å². The largest absolute Gasteiger partial charge is 0.494 e. The fourth-order valence-corrected chi connectivity index (χ4v) is 6.52. The highest BCUT2D eigenvalue weighted by atomic mass is 79.9. The summed E-state index contributed by atoms with van der Waals surface area (Å²) in [7, 11) is 2.00. The van der Waals surface area contributed by atoms with Crippen molar-refractivity contribution in [2.75, 3.05) is 20.3 Å². The summed E-state index contributed by atoms with van der Waals surface area (Å²) >= 11 is 7.59. The van der Waals surface area contributed by atoms with Gasteiger partial charge in [-0.3, -0.25) is 0 Å². The lowest BCUT2D eigenvalue weighted by molar-refractivity contribution is 0.107. The van der Waals surface area contributed by atoms with Crippen molar-refractivity contribution in [2.24, 2.45) is 11.8 Å². The van der Waals surface area contributed by atoms with Crippen molar-refractivity contribution in [2.45, 2.75) is 117 Å². The molecule has 2 aliphatic rings. The Hall–Kier alpha value is -1.23. The lowest BCUT2D eigenvalue weighted by atomic mass is 9.80. The maximum absolute atomic E-state index is 11.9. The summed E-state index contributed by atoms with van der Waals surface area (Å²) in [4.78, 5) is 13.9. The zero-order valence-corrected chi connectivity index (χ0v) is 27.8. The summed E-state index contributed by atoms with van der Waals surface area (Å²) in [5.41, 5.74) is 0.619. The van der Waals surface area contributed by atoms with Crippen LogP contribution in [0.25, 0.3) is 0 Å². The first kappa shape index (κ1) is 34.0. The van der Waals surface area contributed by atoms with Gasteiger partial charge in [0.15, 0.2) is 0 Å². The summed E-state index contributed by atoms with van der Waals surface area (Å²) in [6.07, 6.45) is 27.9. The number of halogens is 2. The maximum atomic E-state index is 11.9. The molecule has 0 aromatic heterocycles. The predicted molar refractivity (Wildman–Crippen MR) is 171 cm³/mol. The van der Waals surface area contributed by atoms with Crippen LogP contribution >= 0.6 is 31.9 Å². The fourth-order valence-electron chi connectivity index (χ4n) is 5.20. The van der Waals surface area contributed by atoms with Gasteiger partial charge >= 0.3 is 0 Å². The van der Waals surface area contributed by atoms with Gasteiger partial charge in [0, 0.05) is 18.5 Å². The Bertz CT molecular complexity index is 839. The average Bonchev–Trinajstić information content (AvgIpc) is 2.95. The van der Waals surface area contributed by atoms with Crippen LogP contribution < -0.4 is 0 Å². The third kappa shape index (κ3) is 11.7. The maximum Gasteiger partial charge on any atom is 0.138 e. The van der Waals surface area contributed by atoms with Crippen molar-refractivity contribution in [1.82, 2.24) is 4.90 Å². The lowest BCUT2D eigenvalue weighted by Gasteiger charge is -2.37. The molecule has 0 saturated carbocycles. The van der Waals surface area contributed by atoms with Crippen molar-refractivity contribution in [1.29, 1.82) is 0 Å². The van der Waals surface area contributed by atoms with E-state index in [4.69, 9.17) is 9.47 Å². The second kappa shape index (κ2) is 20.6. The Labute approximate surface area is 255 Å². The summed E-state index contributed by atoms with van der Waals surface area (Å²) in [5.74, 6) is 3.40. The van der Waals surface area contributed by atoms with E-state index in [9.17, 15) is 4.79 Å². The quantitative estimate of drug-likeness (QED) is 0.0693. The zero-order valence-electron chi connectivity index (χ0n) is 24.6. The van der Waals surface area contributed by atoms with Gasteiger partial charge in [-0.15, -0.1) is 0 Å². The van der Waals surface area contributed by atoms with E-state index in [2.05, 4.69) is 57.7 Å². The molecular weight excluding hydrogens is 618 g/mol. The molecule has 0 saturated heterocycles. The molecule has 220 valence electrons. The zero-order chi connectivity index (χ0) is 28.3. The van der Waals surface area contributed by atoms with Gasteiger partial charge < -0.3 is 14.4 Å². The normalized spacial score (nSPS) is 17.8. The van der Waals surface area contributed by atoms with Crippen LogP contribution in [-0.2, 0) is 14.3 Å². The van der Waals surface area contributed by atoms with Crippen molar-refractivity contribution in [3.8, 4) is 0 Å². The molecule has 4 nitrogen and oxygen atoms in total. The number of carbonyl (C=O) groups excluding carboxylic acids is 1. The first-order valence-electron chi connectivity index (χ1n) is 15.4. The van der Waals surface area contributed by atoms with Crippen LogP contribution in [0.2, 0.25) is 0 Å². The second-order valence-corrected chi connectivity index (χ2v) is 12.3. The van der Waals surface area contributed by atoms with E-state index < -0.39 is 0 Å². The number of unbranched alkanes of at least 4 members (excludes halogenated alkanes) is 14. The molecular formula is C33H51Br2NO3. The molecule has 0 fully saturated rings. The number of hydrogen-bond acceptors (Lipinski definition) is 4. The molecule has 0 aromatic carbocycles. The van der Waals surface area contributed by atoms with Crippen LogP contribution in [0.4, 0.5) is 0 Å². The molecule has 0 aromatic rings. The van der Waals surface area contributed by atoms with Crippen molar-refractivity contribution >= 4 is 37.8 Å². The van der Waals surface area contributed by atoms with E-state index >= 15 is 0 Å². The van der Waals surface area contributed by atoms with Gasteiger partial charge in [0.05, 0.1) is 19.1 Å². The number of rotatable bonds is 21. The molecule has 2 rings (SSSR count). The Morgan fingerprint density at radius 2 is 1.15 bits per heavy atom. The first-order chi connectivity index (χ1) is 19.1.